The minimum Gasteiger partial charge on any atom is -0.497 e. The Kier molecular flexibility index (Phi) is 8.05. The summed E-state index contributed by atoms with van der Waals surface area (Å²) >= 11 is 0. The molecule has 1 aliphatic rings. The van der Waals surface area contributed by atoms with Crippen LogP contribution in [0, 0.1) is 0 Å². The Hall–Kier alpha value is -3.36. The third-order valence-corrected chi connectivity index (χ3v) is 6.08. The Morgan fingerprint density at radius 3 is 2.51 bits per heavy atom. The second-order valence-electron chi connectivity index (χ2n) is 8.86. The van der Waals surface area contributed by atoms with Gasteiger partial charge in [0.25, 0.3) is 5.91 Å². The average molecular weight is 479 g/mol. The maximum Gasteiger partial charge on any atom is 0.255 e. The van der Waals surface area contributed by atoms with E-state index in [-0.39, 0.29) is 18.1 Å². The van der Waals surface area contributed by atoms with Gasteiger partial charge < -0.3 is 19.5 Å². The summed E-state index contributed by atoms with van der Waals surface area (Å²) in [4.78, 5) is 15.7. The number of ether oxygens (including phenoxy) is 3. The van der Waals surface area contributed by atoms with E-state index in [0.29, 0.717) is 29.3 Å². The first-order valence-corrected chi connectivity index (χ1v) is 12.0. The highest BCUT2D eigenvalue weighted by molar-refractivity contribution is 6.00. The highest BCUT2D eigenvalue weighted by Gasteiger charge is 2.23. The maximum absolute atomic E-state index is 13.3. The number of hydrogen-bond acceptors (Lipinski definition) is 6. The lowest BCUT2D eigenvalue weighted by Gasteiger charge is -2.35. The first-order valence-electron chi connectivity index (χ1n) is 12.0. The summed E-state index contributed by atoms with van der Waals surface area (Å²) in [6, 6.07) is 15.2. The molecule has 2 unspecified atom stereocenters. The molecule has 0 spiro atoms. The molecule has 4 rings (SSSR count). The van der Waals surface area contributed by atoms with Crippen LogP contribution in [0.15, 0.2) is 54.7 Å². The molecule has 2 aromatic carbocycles. The molecule has 8 heteroatoms. The van der Waals surface area contributed by atoms with E-state index < -0.39 is 0 Å². The minimum atomic E-state index is -0.163. The molecular weight excluding hydrogens is 444 g/mol. The Morgan fingerprint density at radius 2 is 1.83 bits per heavy atom. The monoisotopic (exact) mass is 478 g/mol. The van der Waals surface area contributed by atoms with Crippen molar-refractivity contribution in [2.45, 2.75) is 32.5 Å². The first-order chi connectivity index (χ1) is 17.0. The van der Waals surface area contributed by atoms with Gasteiger partial charge in [-0.1, -0.05) is 18.2 Å². The van der Waals surface area contributed by atoms with Gasteiger partial charge in [0.2, 0.25) is 0 Å². The maximum atomic E-state index is 13.3. The number of hydrogen-bond donors (Lipinski definition) is 1. The van der Waals surface area contributed by atoms with Crippen molar-refractivity contribution in [2.75, 3.05) is 40.4 Å². The molecule has 1 aromatic heterocycles. The molecule has 0 saturated carbocycles. The van der Waals surface area contributed by atoms with Crippen LogP contribution in [0.2, 0.25) is 0 Å². The van der Waals surface area contributed by atoms with Crippen LogP contribution in [0.5, 0.6) is 11.5 Å². The number of methoxy groups -OCH3 is 2. The van der Waals surface area contributed by atoms with Gasteiger partial charge in [-0.25, -0.2) is 4.68 Å². The zero-order chi connectivity index (χ0) is 24.8. The molecule has 0 aliphatic carbocycles. The summed E-state index contributed by atoms with van der Waals surface area (Å²) in [6.45, 7) is 7.54. The van der Waals surface area contributed by atoms with Gasteiger partial charge in [-0.05, 0) is 44.5 Å². The number of nitrogens with zero attached hydrogens (tertiary/aromatic N) is 3. The van der Waals surface area contributed by atoms with E-state index in [9.17, 15) is 4.79 Å². The van der Waals surface area contributed by atoms with E-state index in [1.165, 1.54) is 0 Å². The highest BCUT2D eigenvalue weighted by atomic mass is 16.5. The number of aromatic nitrogens is 2. The topological polar surface area (TPSA) is 77.9 Å². The predicted octanol–water partition coefficient (Wildman–Crippen LogP) is 3.79. The smallest absolute Gasteiger partial charge is 0.255 e. The van der Waals surface area contributed by atoms with Crippen LogP contribution < -0.4 is 14.8 Å². The van der Waals surface area contributed by atoms with Crippen molar-refractivity contribution in [1.29, 1.82) is 0 Å². The van der Waals surface area contributed by atoms with E-state index in [4.69, 9.17) is 19.3 Å². The molecule has 0 radical (unpaired) electrons. The Bertz CT molecular complexity index is 1120. The minimum absolute atomic E-state index is 0.163. The van der Waals surface area contributed by atoms with Gasteiger partial charge in [-0.3, -0.25) is 9.69 Å². The predicted molar refractivity (Wildman–Crippen MR) is 136 cm³/mol. The van der Waals surface area contributed by atoms with Crippen molar-refractivity contribution in [3.63, 3.8) is 0 Å². The van der Waals surface area contributed by atoms with E-state index in [1.807, 2.05) is 42.5 Å². The van der Waals surface area contributed by atoms with Crippen LogP contribution >= 0.6 is 0 Å². The molecule has 8 nitrogen and oxygen atoms in total. The number of para-hydroxylation sites is 1. The summed E-state index contributed by atoms with van der Waals surface area (Å²) in [5.74, 6) is 1.10. The van der Waals surface area contributed by atoms with Crippen LogP contribution in [0.3, 0.4) is 0 Å². The van der Waals surface area contributed by atoms with Crippen molar-refractivity contribution in [1.82, 2.24) is 20.0 Å². The van der Waals surface area contributed by atoms with Gasteiger partial charge in [0.1, 0.15) is 17.2 Å². The van der Waals surface area contributed by atoms with Crippen molar-refractivity contribution in [3.8, 4) is 28.4 Å². The number of rotatable bonds is 9. The van der Waals surface area contributed by atoms with Crippen LogP contribution in [-0.4, -0.2) is 73.2 Å². The summed E-state index contributed by atoms with van der Waals surface area (Å²) in [7, 11) is 3.20. The van der Waals surface area contributed by atoms with Gasteiger partial charge in [0, 0.05) is 44.0 Å². The molecule has 3 aromatic rings. The number of morpholine rings is 1. The fourth-order valence-corrected chi connectivity index (χ4v) is 4.51. The van der Waals surface area contributed by atoms with Crippen molar-refractivity contribution in [2.24, 2.45) is 0 Å². The normalized spacial score (nSPS) is 18.3. The molecule has 2 atom stereocenters. The molecular formula is C27H34N4O4. The molecule has 1 saturated heterocycles. The number of nitrogens with one attached hydrogen (secondary N) is 1. The van der Waals surface area contributed by atoms with Crippen LogP contribution in [0.4, 0.5) is 0 Å². The number of carbonyl (C=O) groups excluding carboxylic acids is 1. The molecule has 186 valence electrons. The van der Waals surface area contributed by atoms with E-state index in [2.05, 4.69) is 24.1 Å². The largest absolute Gasteiger partial charge is 0.497 e. The second-order valence-corrected chi connectivity index (χ2v) is 8.86. The summed E-state index contributed by atoms with van der Waals surface area (Å²) in [5, 5.41) is 7.85. The van der Waals surface area contributed by atoms with Crippen molar-refractivity contribution >= 4 is 5.91 Å². The van der Waals surface area contributed by atoms with E-state index in [0.717, 1.165) is 37.3 Å². The third-order valence-electron chi connectivity index (χ3n) is 6.08. The lowest BCUT2D eigenvalue weighted by Crippen LogP contribution is -2.46. The quantitative estimate of drug-likeness (QED) is 0.472. The van der Waals surface area contributed by atoms with Crippen molar-refractivity contribution < 1.29 is 19.0 Å². The van der Waals surface area contributed by atoms with Crippen LogP contribution in [0.1, 0.15) is 30.6 Å². The molecule has 2 heterocycles. The fourth-order valence-electron chi connectivity index (χ4n) is 4.51. The molecule has 1 amide bonds. The number of amides is 1. The van der Waals surface area contributed by atoms with Gasteiger partial charge >= 0.3 is 0 Å². The summed E-state index contributed by atoms with van der Waals surface area (Å²) < 4.78 is 18.5. The zero-order valence-corrected chi connectivity index (χ0v) is 20.9. The summed E-state index contributed by atoms with van der Waals surface area (Å²) in [5.41, 5.74) is 2.65. The molecule has 1 fully saturated rings. The zero-order valence-electron chi connectivity index (χ0n) is 20.9. The molecule has 0 bridgehead atoms. The standard InChI is InChI=1S/C27H34N4O4/c1-19-16-30(17-20(2)35-19)14-8-13-28-27(32)24-18-31(21-9-6-5-7-10-21)29-26(24)23-12-11-22(33-3)15-25(23)34-4/h5-7,9-12,15,18-20H,8,13-14,16-17H2,1-4H3,(H,28,32). The number of benzene rings is 2. The van der Waals surface area contributed by atoms with Crippen LogP contribution in [0.25, 0.3) is 16.9 Å². The fraction of sp³-hybridized carbons (Fsp3) is 0.407. The summed E-state index contributed by atoms with van der Waals surface area (Å²) in [6.07, 6.45) is 3.10. The first kappa shape index (κ1) is 24.8. The van der Waals surface area contributed by atoms with Crippen LogP contribution in [-0.2, 0) is 4.74 Å². The Balaban J connectivity index is 1.53. The van der Waals surface area contributed by atoms with Gasteiger partial charge in [0.15, 0.2) is 0 Å². The third kappa shape index (κ3) is 6.01. The second kappa shape index (κ2) is 11.4. The molecule has 1 N–H and O–H groups in total. The molecule has 35 heavy (non-hydrogen) atoms. The molecule has 1 aliphatic heterocycles. The lowest BCUT2D eigenvalue weighted by molar-refractivity contribution is -0.0680. The van der Waals surface area contributed by atoms with Gasteiger partial charge in [-0.15, -0.1) is 0 Å². The lowest BCUT2D eigenvalue weighted by atomic mass is 10.1. The van der Waals surface area contributed by atoms with E-state index in [1.54, 1.807) is 31.2 Å². The van der Waals surface area contributed by atoms with Gasteiger partial charge in [0.05, 0.1) is 37.7 Å². The van der Waals surface area contributed by atoms with Gasteiger partial charge in [-0.2, -0.15) is 5.10 Å². The Morgan fingerprint density at radius 1 is 1.09 bits per heavy atom. The number of carbonyl (C=O) groups is 1. The van der Waals surface area contributed by atoms with Crippen molar-refractivity contribution in [3.05, 3.63) is 60.3 Å². The van der Waals surface area contributed by atoms with E-state index >= 15 is 0 Å². The average Bonchev–Trinajstić information content (AvgIpc) is 3.31. The highest BCUT2D eigenvalue weighted by Crippen LogP contribution is 2.34. The Labute approximate surface area is 206 Å². The SMILES string of the molecule is COc1ccc(-c2nn(-c3ccccc3)cc2C(=O)NCCCN2CC(C)OC(C)C2)c(OC)c1.